The molecule has 1 heteroatoms. The van der Waals surface area contributed by atoms with Crippen LogP contribution in [0.3, 0.4) is 0 Å². The van der Waals surface area contributed by atoms with Crippen LogP contribution < -0.4 is 0 Å². The number of hydrogen-bond acceptors (Lipinski definition) is 1. The zero-order valence-electron chi connectivity index (χ0n) is 5.39. The van der Waals surface area contributed by atoms with Crippen LogP contribution in [-0.2, 0) is 4.74 Å². The molecule has 1 nitrogen and oxygen atoms in total. The van der Waals surface area contributed by atoms with Gasteiger partial charge in [0, 0.05) is 6.61 Å². The molecule has 0 bridgehead atoms. The summed E-state index contributed by atoms with van der Waals surface area (Å²) in [4.78, 5) is 0. The third kappa shape index (κ3) is 2.31. The lowest BCUT2D eigenvalue weighted by molar-refractivity contribution is 0.195. The summed E-state index contributed by atoms with van der Waals surface area (Å²) in [6.45, 7) is 4.62. The quantitative estimate of drug-likeness (QED) is 0.506. The van der Waals surface area contributed by atoms with Gasteiger partial charge in [-0.15, -0.1) is 0 Å². The Morgan fingerprint density at radius 3 is 2.88 bits per heavy atom. The maximum atomic E-state index is 5.06. The monoisotopic (exact) mass is 113 g/mol. The lowest BCUT2D eigenvalue weighted by Crippen LogP contribution is -1.89. The van der Waals surface area contributed by atoms with E-state index in [1.807, 2.05) is 6.92 Å². The maximum absolute atomic E-state index is 5.06. The minimum Gasteiger partial charge on any atom is -0.376 e. The predicted molar refractivity (Wildman–Crippen MR) is 33.3 cm³/mol. The Balaban J connectivity index is 1.74. The van der Waals surface area contributed by atoms with Crippen molar-refractivity contribution in [3.05, 3.63) is 6.61 Å². The van der Waals surface area contributed by atoms with E-state index in [1.165, 1.54) is 19.3 Å². The highest BCUT2D eigenvalue weighted by Crippen LogP contribution is 2.32. The summed E-state index contributed by atoms with van der Waals surface area (Å²) in [7, 11) is 0. The summed E-state index contributed by atoms with van der Waals surface area (Å²) in [5.41, 5.74) is 0. The molecule has 1 aliphatic rings. The summed E-state index contributed by atoms with van der Waals surface area (Å²) < 4.78 is 5.06. The van der Waals surface area contributed by atoms with Crippen molar-refractivity contribution in [3.63, 3.8) is 0 Å². The molecule has 0 N–H and O–H groups in total. The van der Waals surface area contributed by atoms with Gasteiger partial charge in [0.05, 0.1) is 6.61 Å². The smallest absolute Gasteiger partial charge is 0.0805 e. The van der Waals surface area contributed by atoms with Crippen LogP contribution in [0, 0.1) is 12.5 Å². The molecule has 0 heterocycles. The molecule has 0 spiro atoms. The van der Waals surface area contributed by atoms with Crippen LogP contribution in [0.4, 0.5) is 0 Å². The first-order valence-corrected chi connectivity index (χ1v) is 3.33. The second-order valence-corrected chi connectivity index (χ2v) is 2.34. The molecular formula is C7H13O. The van der Waals surface area contributed by atoms with Gasteiger partial charge in [0.2, 0.25) is 0 Å². The van der Waals surface area contributed by atoms with E-state index in [9.17, 15) is 0 Å². The summed E-state index contributed by atoms with van der Waals surface area (Å²) in [6, 6.07) is 0. The van der Waals surface area contributed by atoms with Gasteiger partial charge in [0.15, 0.2) is 0 Å². The van der Waals surface area contributed by atoms with Crippen LogP contribution in [0.1, 0.15) is 26.2 Å². The summed E-state index contributed by atoms with van der Waals surface area (Å²) in [5, 5.41) is 0. The van der Waals surface area contributed by atoms with E-state index in [1.54, 1.807) is 6.61 Å². The Hall–Kier alpha value is -0.0400. The zero-order valence-corrected chi connectivity index (χ0v) is 5.39. The fourth-order valence-corrected chi connectivity index (χ4v) is 0.759. The maximum Gasteiger partial charge on any atom is 0.0805 e. The molecule has 1 saturated carbocycles. The Bertz CT molecular complexity index is 57.4. The van der Waals surface area contributed by atoms with Crippen molar-refractivity contribution in [1.29, 1.82) is 0 Å². The fourth-order valence-electron chi connectivity index (χ4n) is 0.759. The highest BCUT2D eigenvalue weighted by atomic mass is 16.5. The van der Waals surface area contributed by atoms with Crippen molar-refractivity contribution < 1.29 is 4.74 Å². The Labute approximate surface area is 51.0 Å². The van der Waals surface area contributed by atoms with Gasteiger partial charge >= 0.3 is 0 Å². The first kappa shape index (κ1) is 6.09. The minimum absolute atomic E-state index is 0.932. The van der Waals surface area contributed by atoms with E-state index >= 15 is 0 Å². The van der Waals surface area contributed by atoms with Gasteiger partial charge < -0.3 is 4.74 Å². The van der Waals surface area contributed by atoms with Gasteiger partial charge in [-0.25, -0.2) is 0 Å². The third-order valence-electron chi connectivity index (χ3n) is 1.51. The standard InChI is InChI=1S/C7H13O/c1-2-8-6-5-7-3-4-7/h2,7H,3-6H2,1H3. The molecular weight excluding hydrogens is 100 g/mol. The first-order valence-electron chi connectivity index (χ1n) is 3.33. The molecule has 0 aliphatic heterocycles. The number of ether oxygens (including phenoxy) is 1. The zero-order chi connectivity index (χ0) is 5.82. The molecule has 1 rings (SSSR count). The highest BCUT2D eigenvalue weighted by Gasteiger charge is 2.19. The number of hydrogen-bond donors (Lipinski definition) is 0. The Morgan fingerprint density at radius 2 is 2.38 bits per heavy atom. The first-order chi connectivity index (χ1) is 3.93. The molecule has 0 atom stereocenters. The van der Waals surface area contributed by atoms with E-state index in [0.29, 0.717) is 0 Å². The van der Waals surface area contributed by atoms with Crippen molar-refractivity contribution in [3.8, 4) is 0 Å². The van der Waals surface area contributed by atoms with Gasteiger partial charge in [-0.3, -0.25) is 0 Å². The fraction of sp³-hybridized carbons (Fsp3) is 0.857. The van der Waals surface area contributed by atoms with E-state index in [-0.39, 0.29) is 0 Å². The SMILES string of the molecule is C[CH]OCCC1CC1. The average Bonchev–Trinajstić information content (AvgIpc) is 2.51. The molecule has 0 aromatic heterocycles. The van der Waals surface area contributed by atoms with Crippen LogP contribution in [0.5, 0.6) is 0 Å². The molecule has 1 radical (unpaired) electrons. The molecule has 8 heavy (non-hydrogen) atoms. The van der Waals surface area contributed by atoms with Crippen LogP contribution >= 0.6 is 0 Å². The molecule has 1 aliphatic carbocycles. The van der Waals surface area contributed by atoms with E-state index < -0.39 is 0 Å². The molecule has 0 unspecified atom stereocenters. The minimum atomic E-state index is 0.932. The molecule has 47 valence electrons. The molecule has 0 aromatic carbocycles. The second kappa shape index (κ2) is 3.08. The number of rotatable bonds is 4. The third-order valence-corrected chi connectivity index (χ3v) is 1.51. The van der Waals surface area contributed by atoms with Crippen molar-refractivity contribution in [2.24, 2.45) is 5.92 Å². The van der Waals surface area contributed by atoms with Gasteiger partial charge in [-0.2, -0.15) is 0 Å². The van der Waals surface area contributed by atoms with Crippen LogP contribution in [-0.4, -0.2) is 6.61 Å². The highest BCUT2D eigenvalue weighted by molar-refractivity contribution is 4.72. The Morgan fingerprint density at radius 1 is 1.62 bits per heavy atom. The normalized spacial score (nSPS) is 19.1. The molecule has 0 saturated heterocycles. The second-order valence-electron chi connectivity index (χ2n) is 2.34. The van der Waals surface area contributed by atoms with Gasteiger partial charge in [-0.05, 0) is 19.3 Å². The largest absolute Gasteiger partial charge is 0.376 e. The predicted octanol–water partition coefficient (Wildman–Crippen LogP) is 1.98. The van der Waals surface area contributed by atoms with E-state index in [0.717, 1.165) is 12.5 Å². The topological polar surface area (TPSA) is 9.23 Å². The van der Waals surface area contributed by atoms with Gasteiger partial charge in [0.1, 0.15) is 0 Å². The van der Waals surface area contributed by atoms with Crippen LogP contribution in [0.2, 0.25) is 0 Å². The lowest BCUT2D eigenvalue weighted by atomic mass is 10.3. The van der Waals surface area contributed by atoms with Crippen molar-refractivity contribution in [1.82, 2.24) is 0 Å². The van der Waals surface area contributed by atoms with Crippen molar-refractivity contribution >= 4 is 0 Å². The molecule has 0 amide bonds. The molecule has 0 aromatic rings. The van der Waals surface area contributed by atoms with E-state index in [2.05, 4.69) is 0 Å². The van der Waals surface area contributed by atoms with Crippen LogP contribution in [0.25, 0.3) is 0 Å². The molecule has 1 fully saturated rings. The summed E-state index contributed by atoms with van der Waals surface area (Å²) in [5.74, 6) is 1.01. The lowest BCUT2D eigenvalue weighted by Gasteiger charge is -1.95. The van der Waals surface area contributed by atoms with Gasteiger partial charge in [-0.1, -0.05) is 12.8 Å². The van der Waals surface area contributed by atoms with Crippen LogP contribution in [0.15, 0.2) is 0 Å². The summed E-state index contributed by atoms with van der Waals surface area (Å²) in [6.07, 6.45) is 4.14. The van der Waals surface area contributed by atoms with E-state index in [4.69, 9.17) is 4.74 Å². The Kier molecular flexibility index (Phi) is 2.34. The van der Waals surface area contributed by atoms with Crippen molar-refractivity contribution in [2.45, 2.75) is 26.2 Å². The van der Waals surface area contributed by atoms with Crippen molar-refractivity contribution in [2.75, 3.05) is 6.61 Å². The van der Waals surface area contributed by atoms with Gasteiger partial charge in [0.25, 0.3) is 0 Å². The summed E-state index contributed by atoms with van der Waals surface area (Å²) >= 11 is 0. The average molecular weight is 113 g/mol.